The van der Waals surface area contributed by atoms with Crippen LogP contribution in [0.3, 0.4) is 0 Å². The van der Waals surface area contributed by atoms with Gasteiger partial charge in [0, 0.05) is 26.2 Å². The van der Waals surface area contributed by atoms with Crippen LogP contribution >= 0.6 is 0 Å². The van der Waals surface area contributed by atoms with Crippen molar-refractivity contribution in [1.82, 2.24) is 16.0 Å². The number of methoxy groups -OCH3 is 1. The summed E-state index contributed by atoms with van der Waals surface area (Å²) in [6, 6.07) is 0.466. The summed E-state index contributed by atoms with van der Waals surface area (Å²) in [5.41, 5.74) is 0. The zero-order valence-corrected chi connectivity index (χ0v) is 14.3. The molecule has 6 heteroatoms. The van der Waals surface area contributed by atoms with E-state index in [0.29, 0.717) is 19.2 Å². The summed E-state index contributed by atoms with van der Waals surface area (Å²) in [5, 5.41) is 9.47. The molecule has 1 rings (SSSR count). The Bertz CT molecular complexity index is 347. The minimum absolute atomic E-state index is 0.0793. The Hall–Kier alpha value is -1.30. The SMILES string of the molecule is CCNC(=NCC(=O)NCCOC)NC1CCCC(CC)C1. The fourth-order valence-electron chi connectivity index (χ4n) is 2.81. The van der Waals surface area contributed by atoms with Crippen LogP contribution in [0.2, 0.25) is 0 Å². The van der Waals surface area contributed by atoms with Gasteiger partial charge in [0.25, 0.3) is 0 Å². The van der Waals surface area contributed by atoms with Crippen molar-refractivity contribution in [3.05, 3.63) is 0 Å². The molecular weight excluding hydrogens is 280 g/mol. The Morgan fingerprint density at radius 1 is 1.27 bits per heavy atom. The van der Waals surface area contributed by atoms with Gasteiger partial charge in [-0.05, 0) is 25.7 Å². The van der Waals surface area contributed by atoms with E-state index in [1.165, 1.54) is 32.1 Å². The van der Waals surface area contributed by atoms with Gasteiger partial charge in [0.1, 0.15) is 6.54 Å². The third-order valence-electron chi connectivity index (χ3n) is 4.05. The molecule has 1 saturated carbocycles. The number of guanidine groups is 1. The predicted octanol–water partition coefficient (Wildman–Crippen LogP) is 1.27. The average molecular weight is 312 g/mol. The molecule has 1 aliphatic carbocycles. The molecule has 22 heavy (non-hydrogen) atoms. The lowest BCUT2D eigenvalue weighted by molar-refractivity contribution is -0.119. The molecule has 1 aliphatic rings. The summed E-state index contributed by atoms with van der Waals surface area (Å²) < 4.78 is 4.90. The second-order valence-corrected chi connectivity index (χ2v) is 5.82. The number of aliphatic imine (C=N–C) groups is 1. The minimum atomic E-state index is -0.0793. The van der Waals surface area contributed by atoms with Crippen LogP contribution in [0.4, 0.5) is 0 Å². The molecule has 2 atom stereocenters. The molecule has 0 aromatic heterocycles. The molecular formula is C16H32N4O2. The van der Waals surface area contributed by atoms with Gasteiger partial charge >= 0.3 is 0 Å². The first-order chi connectivity index (χ1) is 10.7. The number of hydrogen-bond donors (Lipinski definition) is 3. The number of nitrogens with one attached hydrogen (secondary N) is 3. The number of nitrogens with zero attached hydrogens (tertiary/aromatic N) is 1. The lowest BCUT2D eigenvalue weighted by atomic mass is 9.84. The van der Waals surface area contributed by atoms with Crippen molar-refractivity contribution in [3.63, 3.8) is 0 Å². The Balaban J connectivity index is 2.42. The summed E-state index contributed by atoms with van der Waals surface area (Å²) in [6.07, 6.45) is 6.23. The first-order valence-corrected chi connectivity index (χ1v) is 8.50. The summed E-state index contributed by atoms with van der Waals surface area (Å²) >= 11 is 0. The van der Waals surface area contributed by atoms with E-state index in [4.69, 9.17) is 4.74 Å². The zero-order valence-electron chi connectivity index (χ0n) is 14.3. The molecule has 0 bridgehead atoms. The first-order valence-electron chi connectivity index (χ1n) is 8.50. The summed E-state index contributed by atoms with van der Waals surface area (Å²) in [7, 11) is 1.62. The highest BCUT2D eigenvalue weighted by molar-refractivity contribution is 5.85. The van der Waals surface area contributed by atoms with Gasteiger partial charge in [-0.25, -0.2) is 4.99 Å². The molecule has 0 aliphatic heterocycles. The summed E-state index contributed by atoms with van der Waals surface area (Å²) in [6.45, 7) is 6.27. The van der Waals surface area contributed by atoms with Crippen LogP contribution in [-0.2, 0) is 9.53 Å². The molecule has 6 nitrogen and oxygen atoms in total. The molecule has 1 fully saturated rings. The number of carbonyl (C=O) groups excluding carboxylic acids is 1. The van der Waals surface area contributed by atoms with Crippen LogP contribution in [0, 0.1) is 5.92 Å². The van der Waals surface area contributed by atoms with Gasteiger partial charge in [0.2, 0.25) is 5.91 Å². The largest absolute Gasteiger partial charge is 0.383 e. The minimum Gasteiger partial charge on any atom is -0.383 e. The highest BCUT2D eigenvalue weighted by Gasteiger charge is 2.21. The third-order valence-corrected chi connectivity index (χ3v) is 4.05. The van der Waals surface area contributed by atoms with E-state index in [1.54, 1.807) is 7.11 Å². The number of ether oxygens (including phenoxy) is 1. The lowest BCUT2D eigenvalue weighted by Gasteiger charge is -2.30. The molecule has 0 saturated heterocycles. The van der Waals surface area contributed by atoms with Crippen LogP contribution in [0.25, 0.3) is 0 Å². The number of carbonyl (C=O) groups is 1. The number of hydrogen-bond acceptors (Lipinski definition) is 3. The summed E-state index contributed by atoms with van der Waals surface area (Å²) in [5.74, 6) is 1.47. The monoisotopic (exact) mass is 312 g/mol. The Kier molecular flexibility index (Phi) is 9.62. The Morgan fingerprint density at radius 2 is 2.09 bits per heavy atom. The fraction of sp³-hybridized carbons (Fsp3) is 0.875. The molecule has 0 spiro atoms. The maximum absolute atomic E-state index is 11.7. The fourth-order valence-corrected chi connectivity index (χ4v) is 2.81. The number of rotatable bonds is 8. The third kappa shape index (κ3) is 7.64. The van der Waals surface area contributed by atoms with Gasteiger partial charge in [-0.15, -0.1) is 0 Å². The van der Waals surface area contributed by atoms with E-state index in [0.717, 1.165) is 18.4 Å². The van der Waals surface area contributed by atoms with Crippen LogP contribution in [0.1, 0.15) is 46.0 Å². The molecule has 0 aromatic carbocycles. The molecule has 128 valence electrons. The van der Waals surface area contributed by atoms with Crippen molar-refractivity contribution < 1.29 is 9.53 Å². The van der Waals surface area contributed by atoms with Crippen molar-refractivity contribution in [2.75, 3.05) is 33.4 Å². The van der Waals surface area contributed by atoms with Crippen molar-refractivity contribution in [2.45, 2.75) is 52.0 Å². The van der Waals surface area contributed by atoms with Crippen molar-refractivity contribution >= 4 is 11.9 Å². The van der Waals surface area contributed by atoms with Crippen molar-refractivity contribution in [1.29, 1.82) is 0 Å². The normalized spacial score (nSPS) is 22.2. The molecule has 2 unspecified atom stereocenters. The topological polar surface area (TPSA) is 74.8 Å². The molecule has 1 amide bonds. The van der Waals surface area contributed by atoms with Gasteiger partial charge in [-0.3, -0.25) is 4.79 Å². The van der Waals surface area contributed by atoms with E-state index < -0.39 is 0 Å². The van der Waals surface area contributed by atoms with Gasteiger partial charge in [0.05, 0.1) is 6.61 Å². The molecule has 0 heterocycles. The highest BCUT2D eigenvalue weighted by atomic mass is 16.5. The van der Waals surface area contributed by atoms with Gasteiger partial charge in [-0.2, -0.15) is 0 Å². The zero-order chi connectivity index (χ0) is 16.2. The maximum atomic E-state index is 11.7. The van der Waals surface area contributed by atoms with Gasteiger partial charge in [-0.1, -0.05) is 26.2 Å². The highest BCUT2D eigenvalue weighted by Crippen LogP contribution is 2.26. The standard InChI is InChI=1S/C16H32N4O2/c1-4-13-7-6-8-14(11-13)20-16(17-5-2)19-12-15(21)18-9-10-22-3/h13-14H,4-12H2,1-3H3,(H,18,21)(H2,17,19,20). The maximum Gasteiger partial charge on any atom is 0.241 e. The number of amides is 1. The predicted molar refractivity (Wildman–Crippen MR) is 90.0 cm³/mol. The Morgan fingerprint density at radius 3 is 2.77 bits per heavy atom. The molecule has 0 radical (unpaired) electrons. The van der Waals surface area contributed by atoms with Crippen LogP contribution in [0.5, 0.6) is 0 Å². The van der Waals surface area contributed by atoms with Crippen molar-refractivity contribution in [3.8, 4) is 0 Å². The van der Waals surface area contributed by atoms with Gasteiger partial charge in [0.15, 0.2) is 5.96 Å². The quantitative estimate of drug-likeness (QED) is 0.358. The molecule has 3 N–H and O–H groups in total. The lowest BCUT2D eigenvalue weighted by Crippen LogP contribution is -2.45. The van der Waals surface area contributed by atoms with E-state index in [9.17, 15) is 4.79 Å². The van der Waals surface area contributed by atoms with Crippen LogP contribution < -0.4 is 16.0 Å². The average Bonchev–Trinajstić information content (AvgIpc) is 2.53. The summed E-state index contributed by atoms with van der Waals surface area (Å²) in [4.78, 5) is 16.1. The second kappa shape index (κ2) is 11.3. The van der Waals surface area contributed by atoms with Crippen LogP contribution in [-0.4, -0.2) is 51.3 Å². The van der Waals surface area contributed by atoms with E-state index >= 15 is 0 Å². The Labute approximate surface area is 134 Å². The van der Waals surface area contributed by atoms with Crippen LogP contribution in [0.15, 0.2) is 4.99 Å². The second-order valence-electron chi connectivity index (χ2n) is 5.82. The van der Waals surface area contributed by atoms with E-state index in [-0.39, 0.29) is 12.5 Å². The smallest absolute Gasteiger partial charge is 0.241 e. The van der Waals surface area contributed by atoms with E-state index in [1.807, 2.05) is 6.92 Å². The van der Waals surface area contributed by atoms with Crippen molar-refractivity contribution in [2.24, 2.45) is 10.9 Å². The molecule has 0 aromatic rings. The van der Waals surface area contributed by atoms with Gasteiger partial charge < -0.3 is 20.7 Å². The van der Waals surface area contributed by atoms with E-state index in [2.05, 4.69) is 27.9 Å². The first kappa shape index (κ1) is 18.7.